The van der Waals surface area contributed by atoms with Crippen molar-refractivity contribution < 1.29 is 9.13 Å². The van der Waals surface area contributed by atoms with Gasteiger partial charge in [0, 0.05) is 12.0 Å². The molecule has 3 nitrogen and oxygen atoms in total. The molecule has 1 fully saturated rings. The summed E-state index contributed by atoms with van der Waals surface area (Å²) in [5, 5.41) is 0. The van der Waals surface area contributed by atoms with Crippen LogP contribution in [0.2, 0.25) is 0 Å². The second-order valence-electron chi connectivity index (χ2n) is 4.83. The van der Waals surface area contributed by atoms with Gasteiger partial charge in [-0.1, -0.05) is 12.1 Å². The first-order chi connectivity index (χ1) is 8.61. The number of hydrazine groups is 1. The van der Waals surface area contributed by atoms with Crippen molar-refractivity contribution in [1.82, 2.24) is 5.43 Å². The Morgan fingerprint density at radius 3 is 3.00 bits per heavy atom. The third kappa shape index (κ3) is 3.09. The van der Waals surface area contributed by atoms with Crippen molar-refractivity contribution in [3.8, 4) is 0 Å². The zero-order valence-corrected chi connectivity index (χ0v) is 11.9. The van der Waals surface area contributed by atoms with Crippen LogP contribution in [0.5, 0.6) is 0 Å². The Morgan fingerprint density at radius 1 is 1.61 bits per heavy atom. The first kappa shape index (κ1) is 13.9. The molecule has 0 aromatic heterocycles. The summed E-state index contributed by atoms with van der Waals surface area (Å²) in [5.74, 6) is 5.76. The highest BCUT2D eigenvalue weighted by Crippen LogP contribution is 2.27. The molecule has 0 aliphatic carbocycles. The second kappa shape index (κ2) is 6.10. The van der Waals surface area contributed by atoms with Gasteiger partial charge in [-0.15, -0.1) is 0 Å². The quantitative estimate of drug-likeness (QED) is 0.662. The minimum atomic E-state index is -0.237. The zero-order chi connectivity index (χ0) is 13.1. The van der Waals surface area contributed by atoms with E-state index < -0.39 is 0 Å². The van der Waals surface area contributed by atoms with E-state index in [1.165, 1.54) is 6.07 Å². The third-order valence-electron chi connectivity index (χ3n) is 3.48. The van der Waals surface area contributed by atoms with E-state index in [0.717, 1.165) is 12.0 Å². The van der Waals surface area contributed by atoms with Crippen LogP contribution in [0.15, 0.2) is 22.7 Å². The molecule has 3 atom stereocenters. The Morgan fingerprint density at radius 2 is 2.39 bits per heavy atom. The van der Waals surface area contributed by atoms with Crippen molar-refractivity contribution in [1.29, 1.82) is 0 Å². The predicted molar refractivity (Wildman–Crippen MR) is 72.4 cm³/mol. The van der Waals surface area contributed by atoms with E-state index in [-0.39, 0.29) is 18.0 Å². The summed E-state index contributed by atoms with van der Waals surface area (Å²) in [6, 6.07) is 5.18. The van der Waals surface area contributed by atoms with E-state index in [1.54, 1.807) is 6.07 Å². The highest BCUT2D eigenvalue weighted by Gasteiger charge is 2.29. The van der Waals surface area contributed by atoms with Gasteiger partial charge in [-0.2, -0.15) is 0 Å². The molecule has 3 unspecified atom stereocenters. The number of benzene rings is 1. The Kier molecular flexibility index (Phi) is 4.72. The lowest BCUT2D eigenvalue weighted by Crippen LogP contribution is -2.43. The van der Waals surface area contributed by atoms with Gasteiger partial charge >= 0.3 is 0 Å². The molecular weight excluding hydrogens is 299 g/mol. The Balaban J connectivity index is 2.08. The second-order valence-corrected chi connectivity index (χ2v) is 5.62. The molecule has 0 amide bonds. The Labute approximate surface area is 115 Å². The maximum absolute atomic E-state index is 13.4. The van der Waals surface area contributed by atoms with Crippen molar-refractivity contribution in [2.24, 2.45) is 11.8 Å². The van der Waals surface area contributed by atoms with Crippen LogP contribution in [-0.2, 0) is 11.2 Å². The maximum Gasteiger partial charge on any atom is 0.137 e. The normalized spacial score (nSPS) is 25.3. The molecule has 0 bridgehead atoms. The fraction of sp³-hybridized carbons (Fsp3) is 0.538. The first-order valence-electron chi connectivity index (χ1n) is 6.12. The number of hydrogen-bond donors (Lipinski definition) is 2. The van der Waals surface area contributed by atoms with E-state index in [1.807, 2.05) is 6.07 Å². The van der Waals surface area contributed by atoms with E-state index in [9.17, 15) is 4.39 Å². The molecule has 1 saturated heterocycles. The molecule has 18 heavy (non-hydrogen) atoms. The van der Waals surface area contributed by atoms with Gasteiger partial charge < -0.3 is 4.74 Å². The summed E-state index contributed by atoms with van der Waals surface area (Å²) in [4.78, 5) is 0. The number of ether oxygens (including phenoxy) is 1. The van der Waals surface area contributed by atoms with Crippen LogP contribution in [0.3, 0.4) is 0 Å². The number of rotatable bonds is 4. The van der Waals surface area contributed by atoms with Gasteiger partial charge in [-0.3, -0.25) is 11.3 Å². The molecule has 1 aliphatic heterocycles. The van der Waals surface area contributed by atoms with E-state index in [2.05, 4.69) is 28.3 Å². The third-order valence-corrected chi connectivity index (χ3v) is 4.37. The lowest BCUT2D eigenvalue weighted by Gasteiger charge is -2.22. The highest BCUT2D eigenvalue weighted by molar-refractivity contribution is 9.10. The van der Waals surface area contributed by atoms with Gasteiger partial charge in [-0.05, 0) is 47.3 Å². The molecule has 1 heterocycles. The van der Waals surface area contributed by atoms with Crippen LogP contribution in [0.4, 0.5) is 4.39 Å². The average molecular weight is 317 g/mol. The standard InChI is InChI=1S/C13H18BrFN2O/c1-8-5-10(7-18-8)12(17-16)6-9-3-2-4-11(15)13(9)14/h2-4,8,10,12,17H,5-7,16H2,1H3. The van der Waals surface area contributed by atoms with E-state index in [0.29, 0.717) is 23.4 Å². The van der Waals surface area contributed by atoms with Crippen molar-refractivity contribution >= 4 is 15.9 Å². The summed E-state index contributed by atoms with van der Waals surface area (Å²) in [5.41, 5.74) is 3.76. The SMILES string of the molecule is CC1CC(C(Cc2cccc(F)c2Br)NN)CO1. The maximum atomic E-state index is 13.4. The molecule has 2 rings (SSSR count). The lowest BCUT2D eigenvalue weighted by atomic mass is 9.92. The number of nitrogens with one attached hydrogen (secondary N) is 1. The number of halogens is 2. The van der Waals surface area contributed by atoms with Gasteiger partial charge in [0.1, 0.15) is 5.82 Å². The van der Waals surface area contributed by atoms with Gasteiger partial charge in [0.05, 0.1) is 17.2 Å². The molecule has 1 aliphatic rings. The number of nitrogens with two attached hydrogens (primary N) is 1. The van der Waals surface area contributed by atoms with Crippen molar-refractivity contribution in [3.63, 3.8) is 0 Å². The summed E-state index contributed by atoms with van der Waals surface area (Å²) in [7, 11) is 0. The Hall–Kier alpha value is -0.490. The molecule has 100 valence electrons. The van der Waals surface area contributed by atoms with Crippen molar-refractivity contribution in [2.45, 2.75) is 31.9 Å². The largest absolute Gasteiger partial charge is 0.378 e. The minimum Gasteiger partial charge on any atom is -0.378 e. The van der Waals surface area contributed by atoms with E-state index >= 15 is 0 Å². The van der Waals surface area contributed by atoms with Crippen LogP contribution < -0.4 is 11.3 Å². The summed E-state index contributed by atoms with van der Waals surface area (Å²) in [6.45, 7) is 2.77. The van der Waals surface area contributed by atoms with Crippen LogP contribution in [0.25, 0.3) is 0 Å². The molecule has 1 aromatic carbocycles. The summed E-state index contributed by atoms with van der Waals surface area (Å²) in [6.07, 6.45) is 1.96. The molecule has 0 spiro atoms. The zero-order valence-electron chi connectivity index (χ0n) is 10.3. The summed E-state index contributed by atoms with van der Waals surface area (Å²) >= 11 is 3.28. The van der Waals surface area contributed by atoms with Crippen LogP contribution >= 0.6 is 15.9 Å². The molecule has 0 saturated carbocycles. The topological polar surface area (TPSA) is 47.3 Å². The van der Waals surface area contributed by atoms with Crippen molar-refractivity contribution in [2.75, 3.05) is 6.61 Å². The van der Waals surface area contributed by atoms with Gasteiger partial charge in [0.15, 0.2) is 0 Å². The molecule has 0 radical (unpaired) electrons. The molecule has 5 heteroatoms. The minimum absolute atomic E-state index is 0.105. The van der Waals surface area contributed by atoms with Gasteiger partial charge in [0.2, 0.25) is 0 Å². The molecule has 3 N–H and O–H groups in total. The highest BCUT2D eigenvalue weighted by atomic mass is 79.9. The Bertz CT molecular complexity index is 416. The van der Waals surface area contributed by atoms with E-state index in [4.69, 9.17) is 10.6 Å². The van der Waals surface area contributed by atoms with Gasteiger partial charge in [0.25, 0.3) is 0 Å². The van der Waals surface area contributed by atoms with Crippen molar-refractivity contribution in [3.05, 3.63) is 34.1 Å². The number of hydrogen-bond acceptors (Lipinski definition) is 3. The average Bonchev–Trinajstić information content (AvgIpc) is 2.78. The van der Waals surface area contributed by atoms with Gasteiger partial charge in [-0.25, -0.2) is 4.39 Å². The fourth-order valence-corrected chi connectivity index (χ4v) is 2.86. The molecular formula is C13H18BrFN2O. The predicted octanol–water partition coefficient (Wildman–Crippen LogP) is 2.39. The molecule has 1 aromatic rings. The summed E-state index contributed by atoms with van der Waals surface area (Å²) < 4.78 is 19.5. The monoisotopic (exact) mass is 316 g/mol. The van der Waals surface area contributed by atoms with Crippen LogP contribution in [-0.4, -0.2) is 18.8 Å². The fourth-order valence-electron chi connectivity index (χ4n) is 2.44. The smallest absolute Gasteiger partial charge is 0.137 e. The van der Waals surface area contributed by atoms with Crippen LogP contribution in [0.1, 0.15) is 18.9 Å². The lowest BCUT2D eigenvalue weighted by molar-refractivity contribution is 0.117. The first-order valence-corrected chi connectivity index (χ1v) is 6.91. The van der Waals surface area contributed by atoms with Crippen LogP contribution in [0, 0.1) is 11.7 Å².